The van der Waals surface area contributed by atoms with E-state index in [4.69, 9.17) is 0 Å². The van der Waals surface area contributed by atoms with Crippen molar-refractivity contribution >= 4 is 17.5 Å². The summed E-state index contributed by atoms with van der Waals surface area (Å²) in [6.07, 6.45) is 6.48. The van der Waals surface area contributed by atoms with E-state index >= 15 is 0 Å². The molecule has 0 aliphatic heterocycles. The third-order valence-electron chi connectivity index (χ3n) is 3.04. The van der Waals surface area contributed by atoms with Gasteiger partial charge >= 0.3 is 0 Å². The van der Waals surface area contributed by atoms with Crippen LogP contribution >= 0.6 is 11.8 Å². The Morgan fingerprint density at radius 3 is 2.94 bits per heavy atom. The number of ketones is 1. The summed E-state index contributed by atoms with van der Waals surface area (Å²) in [6.45, 7) is 1.63. The minimum atomic E-state index is 0.251. The van der Waals surface area contributed by atoms with Crippen molar-refractivity contribution < 1.29 is 4.79 Å². The van der Waals surface area contributed by atoms with Crippen LogP contribution in [-0.2, 0) is 4.79 Å². The highest BCUT2D eigenvalue weighted by atomic mass is 32.2. The number of thioether (sulfide) groups is 1. The zero-order valence-corrected chi connectivity index (χ0v) is 10.9. The normalized spacial score (nSPS) is 16.5. The summed E-state index contributed by atoms with van der Waals surface area (Å²) in [6, 6.07) is 0.486. The maximum Gasteiger partial charge on any atom is 0.209 e. The summed E-state index contributed by atoms with van der Waals surface area (Å²) in [5.41, 5.74) is 0. The molecule has 5 nitrogen and oxygen atoms in total. The average molecular weight is 254 g/mol. The van der Waals surface area contributed by atoms with Gasteiger partial charge in [0.05, 0.1) is 6.04 Å². The van der Waals surface area contributed by atoms with E-state index in [-0.39, 0.29) is 5.78 Å². The van der Waals surface area contributed by atoms with Gasteiger partial charge in [-0.05, 0) is 36.6 Å². The van der Waals surface area contributed by atoms with Gasteiger partial charge in [-0.2, -0.15) is 0 Å². The van der Waals surface area contributed by atoms with Crippen molar-refractivity contribution in [1.29, 1.82) is 0 Å². The lowest BCUT2D eigenvalue weighted by Gasteiger charge is -2.10. The number of hydrogen-bond acceptors (Lipinski definition) is 5. The Morgan fingerprint density at radius 1 is 1.47 bits per heavy atom. The van der Waals surface area contributed by atoms with Gasteiger partial charge in [0.1, 0.15) is 5.78 Å². The van der Waals surface area contributed by atoms with Crippen LogP contribution in [0.4, 0.5) is 0 Å². The molecule has 2 rings (SSSR count). The summed E-state index contributed by atoms with van der Waals surface area (Å²) >= 11 is 1.66. The first-order chi connectivity index (χ1) is 8.27. The van der Waals surface area contributed by atoms with E-state index in [0.717, 1.165) is 17.3 Å². The van der Waals surface area contributed by atoms with Gasteiger partial charge in [-0.15, -0.1) is 5.10 Å². The highest BCUT2D eigenvalue weighted by Crippen LogP contribution is 2.31. The van der Waals surface area contributed by atoms with Crippen LogP contribution in [0.5, 0.6) is 0 Å². The van der Waals surface area contributed by atoms with Crippen molar-refractivity contribution in [3.63, 3.8) is 0 Å². The number of Topliss-reactive ketones (excluding diaryl/α,β-unsaturated/α-hetero) is 1. The van der Waals surface area contributed by atoms with Crippen LogP contribution < -0.4 is 0 Å². The molecule has 0 spiro atoms. The van der Waals surface area contributed by atoms with Crippen LogP contribution in [0.2, 0.25) is 0 Å². The van der Waals surface area contributed by atoms with Crippen molar-refractivity contribution in [2.75, 3.05) is 5.75 Å². The molecule has 1 aromatic heterocycles. The first-order valence-corrected chi connectivity index (χ1v) is 7.16. The van der Waals surface area contributed by atoms with Crippen LogP contribution in [0.15, 0.2) is 5.16 Å². The highest BCUT2D eigenvalue weighted by molar-refractivity contribution is 7.99. The molecule has 1 heterocycles. The molecular formula is C11H18N4OS. The maximum atomic E-state index is 10.8. The SMILES string of the molecule is CC(=O)CCCSc1nnnn1C1CCCC1. The summed E-state index contributed by atoms with van der Waals surface area (Å²) in [4.78, 5) is 10.8. The van der Waals surface area contributed by atoms with Crippen molar-refractivity contribution in [2.45, 2.75) is 56.6 Å². The van der Waals surface area contributed by atoms with Gasteiger partial charge in [0.2, 0.25) is 5.16 Å². The minimum absolute atomic E-state index is 0.251. The molecule has 1 aliphatic carbocycles. The van der Waals surface area contributed by atoms with Crippen molar-refractivity contribution in [3.8, 4) is 0 Å². The first-order valence-electron chi connectivity index (χ1n) is 6.17. The van der Waals surface area contributed by atoms with E-state index in [0.29, 0.717) is 12.5 Å². The molecule has 0 saturated heterocycles. The molecule has 1 aliphatic rings. The van der Waals surface area contributed by atoms with Crippen molar-refractivity contribution in [1.82, 2.24) is 20.2 Å². The van der Waals surface area contributed by atoms with E-state index in [1.165, 1.54) is 25.7 Å². The van der Waals surface area contributed by atoms with E-state index in [2.05, 4.69) is 15.5 Å². The third kappa shape index (κ3) is 3.52. The Kier molecular flexibility index (Phi) is 4.53. The number of carbonyl (C=O) groups is 1. The topological polar surface area (TPSA) is 60.7 Å². The smallest absolute Gasteiger partial charge is 0.209 e. The predicted molar refractivity (Wildman–Crippen MR) is 66.0 cm³/mol. The molecule has 1 aromatic rings. The lowest BCUT2D eigenvalue weighted by Crippen LogP contribution is -2.08. The lowest BCUT2D eigenvalue weighted by atomic mass is 10.3. The molecule has 94 valence electrons. The number of nitrogens with zero attached hydrogens (tertiary/aromatic N) is 4. The minimum Gasteiger partial charge on any atom is -0.300 e. The third-order valence-corrected chi connectivity index (χ3v) is 4.06. The quantitative estimate of drug-likeness (QED) is 0.575. The number of aromatic nitrogens is 4. The Balaban J connectivity index is 1.83. The molecule has 0 amide bonds. The largest absolute Gasteiger partial charge is 0.300 e. The molecule has 0 atom stereocenters. The number of hydrogen-bond donors (Lipinski definition) is 0. The Morgan fingerprint density at radius 2 is 2.24 bits per heavy atom. The van der Waals surface area contributed by atoms with E-state index in [1.807, 2.05) is 4.68 Å². The monoisotopic (exact) mass is 254 g/mol. The fourth-order valence-corrected chi connectivity index (χ4v) is 3.03. The maximum absolute atomic E-state index is 10.8. The van der Waals surface area contributed by atoms with Gasteiger partial charge in [0.25, 0.3) is 0 Å². The Bertz CT molecular complexity index is 373. The fourth-order valence-electron chi connectivity index (χ4n) is 2.14. The van der Waals surface area contributed by atoms with Crippen LogP contribution in [0.3, 0.4) is 0 Å². The van der Waals surface area contributed by atoms with Gasteiger partial charge in [0.15, 0.2) is 0 Å². The van der Waals surface area contributed by atoms with E-state index in [1.54, 1.807) is 18.7 Å². The fraction of sp³-hybridized carbons (Fsp3) is 0.818. The number of carbonyl (C=O) groups excluding carboxylic acids is 1. The second-order valence-corrected chi connectivity index (χ2v) is 5.56. The molecule has 1 saturated carbocycles. The van der Waals surface area contributed by atoms with Crippen LogP contribution in [0.25, 0.3) is 0 Å². The summed E-state index contributed by atoms with van der Waals surface area (Å²) in [7, 11) is 0. The van der Waals surface area contributed by atoms with Crippen molar-refractivity contribution in [3.05, 3.63) is 0 Å². The van der Waals surface area contributed by atoms with Gasteiger partial charge in [0, 0.05) is 12.2 Å². The molecule has 6 heteroatoms. The molecular weight excluding hydrogens is 236 g/mol. The Labute approximate surface area is 105 Å². The Hall–Kier alpha value is -0.910. The van der Waals surface area contributed by atoms with E-state index in [9.17, 15) is 4.79 Å². The van der Waals surface area contributed by atoms with Gasteiger partial charge in [-0.25, -0.2) is 4.68 Å². The van der Waals surface area contributed by atoms with Gasteiger partial charge in [-0.1, -0.05) is 24.6 Å². The molecule has 0 radical (unpaired) electrons. The molecule has 0 bridgehead atoms. The van der Waals surface area contributed by atoms with E-state index < -0.39 is 0 Å². The predicted octanol–water partition coefficient (Wildman–Crippen LogP) is 2.25. The number of tetrazole rings is 1. The van der Waals surface area contributed by atoms with Crippen LogP contribution in [-0.4, -0.2) is 31.7 Å². The average Bonchev–Trinajstić information content (AvgIpc) is 2.94. The van der Waals surface area contributed by atoms with Crippen molar-refractivity contribution in [2.24, 2.45) is 0 Å². The standard InChI is InChI=1S/C11H18N4OS/c1-9(16)5-4-8-17-11-12-13-14-15(11)10-6-2-3-7-10/h10H,2-8H2,1H3. The second kappa shape index (κ2) is 6.14. The molecule has 0 N–H and O–H groups in total. The highest BCUT2D eigenvalue weighted by Gasteiger charge is 2.21. The summed E-state index contributed by atoms with van der Waals surface area (Å²) < 4.78 is 1.96. The zero-order chi connectivity index (χ0) is 12.1. The summed E-state index contributed by atoms with van der Waals surface area (Å²) in [5.74, 6) is 1.16. The van der Waals surface area contributed by atoms with Crippen LogP contribution in [0, 0.1) is 0 Å². The lowest BCUT2D eigenvalue weighted by molar-refractivity contribution is -0.117. The molecule has 17 heavy (non-hydrogen) atoms. The molecule has 0 unspecified atom stereocenters. The summed E-state index contributed by atoms with van der Waals surface area (Å²) in [5, 5.41) is 12.8. The zero-order valence-electron chi connectivity index (χ0n) is 10.1. The molecule has 0 aromatic carbocycles. The first kappa shape index (κ1) is 12.5. The number of rotatable bonds is 6. The molecule has 1 fully saturated rings. The second-order valence-electron chi connectivity index (χ2n) is 4.50. The van der Waals surface area contributed by atoms with Gasteiger partial charge < -0.3 is 4.79 Å². The van der Waals surface area contributed by atoms with Crippen LogP contribution in [0.1, 0.15) is 51.5 Å². The van der Waals surface area contributed by atoms with Gasteiger partial charge in [-0.3, -0.25) is 0 Å².